The average molecular weight is 338 g/mol. The van der Waals surface area contributed by atoms with Crippen LogP contribution in [-0.2, 0) is 0 Å². The second-order valence-corrected chi connectivity index (χ2v) is 5.33. The van der Waals surface area contributed by atoms with Crippen LogP contribution < -0.4 is 10.6 Å². The van der Waals surface area contributed by atoms with Crippen LogP contribution in [-0.4, -0.2) is 21.0 Å². The van der Waals surface area contributed by atoms with Crippen molar-refractivity contribution in [2.75, 3.05) is 10.6 Å². The monoisotopic (exact) mass is 338 g/mol. The predicted molar refractivity (Wildman–Crippen MR) is 93.1 cm³/mol. The van der Waals surface area contributed by atoms with Gasteiger partial charge in [-0.1, -0.05) is 0 Å². The van der Waals surface area contributed by atoms with Gasteiger partial charge in [0.1, 0.15) is 23.3 Å². The number of hydrogen-bond donors (Lipinski definition) is 3. The van der Waals surface area contributed by atoms with Crippen LogP contribution in [0.25, 0.3) is 0 Å². The van der Waals surface area contributed by atoms with Crippen LogP contribution in [0.15, 0.2) is 54.6 Å². The zero-order valence-corrected chi connectivity index (χ0v) is 13.3. The molecule has 0 bridgehead atoms. The number of benzene rings is 2. The summed E-state index contributed by atoms with van der Waals surface area (Å²) in [6, 6.07) is 14.0. The van der Waals surface area contributed by atoms with Gasteiger partial charge >= 0.3 is 5.97 Å². The van der Waals surface area contributed by atoms with E-state index in [1.165, 1.54) is 24.3 Å². The van der Waals surface area contributed by atoms with E-state index in [0.29, 0.717) is 28.8 Å². The number of carboxylic acid groups (broad SMARTS) is 1. The van der Waals surface area contributed by atoms with E-state index in [9.17, 15) is 9.18 Å². The second-order valence-electron chi connectivity index (χ2n) is 5.33. The van der Waals surface area contributed by atoms with Crippen molar-refractivity contribution < 1.29 is 14.3 Å². The average Bonchev–Trinajstić information content (AvgIpc) is 2.57. The van der Waals surface area contributed by atoms with E-state index in [1.54, 1.807) is 37.3 Å². The molecule has 6 nitrogen and oxygen atoms in total. The summed E-state index contributed by atoms with van der Waals surface area (Å²) >= 11 is 0. The topological polar surface area (TPSA) is 87.1 Å². The Hall–Kier alpha value is -3.48. The molecule has 1 heterocycles. The summed E-state index contributed by atoms with van der Waals surface area (Å²) in [6.45, 7) is 1.76. The van der Waals surface area contributed by atoms with Crippen molar-refractivity contribution >= 4 is 29.0 Å². The van der Waals surface area contributed by atoms with Crippen LogP contribution in [0.1, 0.15) is 16.2 Å². The third-order valence-corrected chi connectivity index (χ3v) is 3.36. The maximum absolute atomic E-state index is 13.0. The second kappa shape index (κ2) is 6.96. The Labute approximate surface area is 143 Å². The number of rotatable bonds is 5. The molecule has 0 amide bonds. The van der Waals surface area contributed by atoms with Gasteiger partial charge in [-0.3, -0.25) is 0 Å². The molecule has 0 aliphatic carbocycles. The Kier molecular flexibility index (Phi) is 4.56. The number of aromatic carboxylic acids is 1. The van der Waals surface area contributed by atoms with Gasteiger partial charge in [-0.25, -0.2) is 19.2 Å². The van der Waals surface area contributed by atoms with E-state index in [1.807, 2.05) is 0 Å². The fourth-order valence-corrected chi connectivity index (χ4v) is 2.22. The van der Waals surface area contributed by atoms with Crippen LogP contribution in [0.4, 0.5) is 27.4 Å². The van der Waals surface area contributed by atoms with Crippen molar-refractivity contribution in [1.82, 2.24) is 9.97 Å². The first kappa shape index (κ1) is 16.4. The standard InChI is InChI=1S/C18H15FN4O2/c1-11-20-16(22-14-6-2-12(3-7-14)18(24)25)10-17(21-11)23-15-8-4-13(19)5-9-15/h2-10H,1H3,(H,24,25)(H2,20,21,22,23). The van der Waals surface area contributed by atoms with Crippen LogP contribution in [0.3, 0.4) is 0 Å². The Morgan fingerprint density at radius 2 is 1.40 bits per heavy atom. The number of halogens is 1. The molecule has 1 aromatic heterocycles. The molecule has 3 rings (SSSR count). The molecule has 7 heteroatoms. The summed E-state index contributed by atoms with van der Waals surface area (Å²) in [5.74, 6) is 0.382. The number of nitrogens with one attached hydrogen (secondary N) is 2. The summed E-state index contributed by atoms with van der Waals surface area (Å²) in [6.07, 6.45) is 0. The van der Waals surface area contributed by atoms with Crippen molar-refractivity contribution in [1.29, 1.82) is 0 Å². The smallest absolute Gasteiger partial charge is 0.335 e. The first-order chi connectivity index (χ1) is 12.0. The van der Waals surface area contributed by atoms with Gasteiger partial charge in [0.2, 0.25) is 0 Å². The lowest BCUT2D eigenvalue weighted by Crippen LogP contribution is -2.02. The van der Waals surface area contributed by atoms with E-state index in [-0.39, 0.29) is 11.4 Å². The summed E-state index contributed by atoms with van der Waals surface area (Å²) in [5.41, 5.74) is 1.62. The van der Waals surface area contributed by atoms with Crippen molar-refractivity contribution in [3.05, 3.63) is 71.8 Å². The number of anilines is 4. The Balaban J connectivity index is 1.79. The van der Waals surface area contributed by atoms with E-state index < -0.39 is 5.97 Å². The SMILES string of the molecule is Cc1nc(Nc2ccc(F)cc2)cc(Nc2ccc(C(=O)O)cc2)n1. The number of nitrogens with zero attached hydrogens (tertiary/aromatic N) is 2. The highest BCUT2D eigenvalue weighted by Crippen LogP contribution is 2.21. The maximum Gasteiger partial charge on any atom is 0.335 e. The molecule has 3 aromatic rings. The summed E-state index contributed by atoms with van der Waals surface area (Å²) in [5, 5.41) is 15.1. The Morgan fingerprint density at radius 3 is 1.88 bits per heavy atom. The molecule has 0 aliphatic heterocycles. The molecule has 126 valence electrons. The van der Waals surface area contributed by atoms with Crippen molar-refractivity contribution in [2.45, 2.75) is 6.92 Å². The molecular formula is C18H15FN4O2. The number of aromatic nitrogens is 2. The Bertz CT molecular complexity index is 896. The van der Waals surface area contributed by atoms with Crippen LogP contribution in [0.2, 0.25) is 0 Å². The first-order valence-corrected chi connectivity index (χ1v) is 7.48. The third kappa shape index (κ3) is 4.29. The highest BCUT2D eigenvalue weighted by molar-refractivity contribution is 5.88. The van der Waals surface area contributed by atoms with Gasteiger partial charge < -0.3 is 15.7 Å². The zero-order chi connectivity index (χ0) is 17.8. The first-order valence-electron chi connectivity index (χ1n) is 7.48. The lowest BCUT2D eigenvalue weighted by Gasteiger charge is -2.10. The van der Waals surface area contributed by atoms with E-state index in [0.717, 1.165) is 0 Å². The highest BCUT2D eigenvalue weighted by Gasteiger charge is 2.05. The number of carboxylic acids is 1. The normalized spacial score (nSPS) is 10.3. The molecule has 0 aliphatic rings. The van der Waals surface area contributed by atoms with Gasteiger partial charge in [0.05, 0.1) is 5.56 Å². The van der Waals surface area contributed by atoms with Crippen molar-refractivity contribution in [2.24, 2.45) is 0 Å². The fourth-order valence-electron chi connectivity index (χ4n) is 2.22. The van der Waals surface area contributed by atoms with Gasteiger partial charge in [-0.05, 0) is 55.5 Å². The zero-order valence-electron chi connectivity index (χ0n) is 13.3. The molecule has 0 radical (unpaired) electrons. The molecule has 0 saturated heterocycles. The number of carbonyl (C=O) groups is 1. The van der Waals surface area contributed by atoms with E-state index >= 15 is 0 Å². The maximum atomic E-state index is 13.0. The summed E-state index contributed by atoms with van der Waals surface area (Å²) < 4.78 is 13.0. The van der Waals surface area contributed by atoms with Gasteiger partial charge in [-0.15, -0.1) is 0 Å². The Morgan fingerprint density at radius 1 is 0.920 bits per heavy atom. The molecular weight excluding hydrogens is 323 g/mol. The number of aryl methyl sites for hydroxylation is 1. The highest BCUT2D eigenvalue weighted by atomic mass is 19.1. The van der Waals surface area contributed by atoms with Crippen LogP contribution in [0.5, 0.6) is 0 Å². The minimum atomic E-state index is -0.977. The molecule has 0 atom stereocenters. The minimum absolute atomic E-state index is 0.211. The van der Waals surface area contributed by atoms with Crippen LogP contribution >= 0.6 is 0 Å². The lowest BCUT2D eigenvalue weighted by molar-refractivity contribution is 0.0697. The predicted octanol–water partition coefficient (Wildman–Crippen LogP) is 4.11. The largest absolute Gasteiger partial charge is 0.478 e. The summed E-state index contributed by atoms with van der Waals surface area (Å²) in [7, 11) is 0. The summed E-state index contributed by atoms with van der Waals surface area (Å²) in [4.78, 5) is 19.5. The molecule has 25 heavy (non-hydrogen) atoms. The fraction of sp³-hybridized carbons (Fsp3) is 0.0556. The molecule has 0 spiro atoms. The van der Waals surface area contributed by atoms with E-state index in [4.69, 9.17) is 5.11 Å². The van der Waals surface area contributed by atoms with Gasteiger partial charge in [0.25, 0.3) is 0 Å². The van der Waals surface area contributed by atoms with Gasteiger partial charge in [0, 0.05) is 17.4 Å². The van der Waals surface area contributed by atoms with Crippen molar-refractivity contribution in [3.8, 4) is 0 Å². The number of hydrogen-bond acceptors (Lipinski definition) is 5. The molecule has 2 aromatic carbocycles. The molecule has 3 N–H and O–H groups in total. The quantitative estimate of drug-likeness (QED) is 0.649. The third-order valence-electron chi connectivity index (χ3n) is 3.36. The minimum Gasteiger partial charge on any atom is -0.478 e. The molecule has 0 saturated carbocycles. The molecule has 0 unspecified atom stereocenters. The van der Waals surface area contributed by atoms with Crippen molar-refractivity contribution in [3.63, 3.8) is 0 Å². The van der Waals surface area contributed by atoms with E-state index in [2.05, 4.69) is 20.6 Å². The molecule has 0 fully saturated rings. The van der Waals surface area contributed by atoms with Gasteiger partial charge in [0.15, 0.2) is 0 Å². The van der Waals surface area contributed by atoms with Gasteiger partial charge in [-0.2, -0.15) is 0 Å². The lowest BCUT2D eigenvalue weighted by atomic mass is 10.2. The van der Waals surface area contributed by atoms with Crippen LogP contribution in [0, 0.1) is 12.7 Å².